The second-order valence-corrected chi connectivity index (χ2v) is 4.50. The lowest BCUT2D eigenvalue weighted by molar-refractivity contribution is -0.843. The van der Waals surface area contributed by atoms with Crippen LogP contribution < -0.4 is 4.79 Å². The van der Waals surface area contributed by atoms with E-state index in [4.69, 9.17) is 36.2 Å². The molecule has 0 amide bonds. The highest BCUT2D eigenvalue weighted by Gasteiger charge is 2.02. The van der Waals surface area contributed by atoms with E-state index < -0.39 is 10.1 Å². The summed E-state index contributed by atoms with van der Waals surface area (Å²) >= 11 is 10.8. The largest absolute Gasteiger partial charge is 0.748 e. The van der Waals surface area contributed by atoms with Gasteiger partial charge in [0.1, 0.15) is 10.0 Å². The van der Waals surface area contributed by atoms with Crippen molar-refractivity contribution in [3.8, 4) is 0 Å². The zero-order valence-electron chi connectivity index (χ0n) is 6.95. The molecule has 0 spiro atoms. The normalized spacial score (nSPS) is 10.4. The van der Waals surface area contributed by atoms with Crippen molar-refractivity contribution in [1.82, 2.24) is 0 Å². The van der Waals surface area contributed by atoms with Gasteiger partial charge in [-0.15, -0.1) is 0 Å². The summed E-state index contributed by atoms with van der Waals surface area (Å²) in [6.45, 7) is 0. The average molecular weight is 262 g/mol. The minimum Gasteiger partial charge on any atom is -0.748 e. The third-order valence-electron chi connectivity index (χ3n) is 0.769. The predicted octanol–water partition coefficient (Wildman–Crippen LogP) is 1.17. The van der Waals surface area contributed by atoms with E-state index in [1.54, 1.807) is 0 Å². The van der Waals surface area contributed by atoms with Gasteiger partial charge in [-0.25, -0.2) is 8.42 Å². The van der Waals surface area contributed by atoms with Gasteiger partial charge in [0.15, 0.2) is 0 Å². The fourth-order valence-corrected chi connectivity index (χ4v) is 0.957. The lowest BCUT2D eigenvalue weighted by atomic mass is 10.5. The monoisotopic (exact) mass is 261 g/mol. The van der Waals surface area contributed by atoms with Crippen LogP contribution in [0.3, 0.4) is 0 Å². The molecule has 0 unspecified atom stereocenters. The first kappa shape index (κ1) is 13.6. The van der Waals surface area contributed by atoms with Crippen LogP contribution in [0.25, 0.3) is 0 Å². The molecule has 0 saturated carbocycles. The molecule has 0 fully saturated rings. The van der Waals surface area contributed by atoms with E-state index in [0.29, 0.717) is 11.0 Å². The van der Waals surface area contributed by atoms with Crippen molar-refractivity contribution in [1.29, 1.82) is 0 Å². The Kier molecular flexibility index (Phi) is 5.28. The lowest BCUT2D eigenvalue weighted by Crippen LogP contribution is -2.20. The summed E-state index contributed by atoms with van der Waals surface area (Å²) in [5.74, 6) is 0. The van der Waals surface area contributed by atoms with Crippen molar-refractivity contribution >= 4 is 33.3 Å². The van der Waals surface area contributed by atoms with Gasteiger partial charge in [0, 0.05) is 11.0 Å². The topological polar surface area (TPSA) is 61.1 Å². The van der Waals surface area contributed by atoms with Crippen LogP contribution in [0.1, 0.15) is 0 Å². The van der Waals surface area contributed by atoms with Crippen LogP contribution in [-0.4, -0.2) is 19.2 Å². The fraction of sp³-hybridized carbons (Fsp3) is 0.167. The molecular formula is C6H6Cl2FNO3S. The standard InChI is InChI=1S/C5H3Cl2FN.CH4O3S/c6-4-1-5(7)3-9(8)2-4;1-5(2,3)4/h1-3H;1H3,(H,2,3,4)/q+1;/p-1. The van der Waals surface area contributed by atoms with Gasteiger partial charge in [0.25, 0.3) is 0 Å². The van der Waals surface area contributed by atoms with Crippen LogP contribution in [0, 0.1) is 0 Å². The minimum absolute atomic E-state index is 0.282. The van der Waals surface area contributed by atoms with Crippen molar-refractivity contribution in [2.75, 3.05) is 6.26 Å². The lowest BCUT2D eigenvalue weighted by Gasteiger charge is -1.90. The maximum atomic E-state index is 12.2. The van der Waals surface area contributed by atoms with Gasteiger partial charge in [0.2, 0.25) is 12.4 Å². The molecule has 4 nitrogen and oxygen atoms in total. The maximum absolute atomic E-state index is 12.2. The molecule has 80 valence electrons. The summed E-state index contributed by atoms with van der Waals surface area (Å²) in [6.07, 6.45) is 2.84. The number of hydrogen-bond acceptors (Lipinski definition) is 3. The zero-order valence-corrected chi connectivity index (χ0v) is 9.27. The van der Waals surface area contributed by atoms with Gasteiger partial charge in [-0.2, -0.15) is 0 Å². The Balaban J connectivity index is 0.000000292. The van der Waals surface area contributed by atoms with Gasteiger partial charge in [-0.3, -0.25) is 0 Å². The minimum atomic E-state index is -3.92. The first-order valence-corrected chi connectivity index (χ1v) is 5.70. The Labute approximate surface area is 90.6 Å². The molecule has 0 saturated heterocycles. The Bertz CT molecular complexity index is 351. The third kappa shape index (κ3) is 9.66. The molecule has 0 aliphatic heterocycles. The van der Waals surface area contributed by atoms with Crippen LogP contribution in [0.4, 0.5) is 4.48 Å². The summed E-state index contributed by atoms with van der Waals surface area (Å²) in [5.41, 5.74) is 0. The number of halogens is 3. The number of aromatic nitrogens is 1. The van der Waals surface area contributed by atoms with Crippen LogP contribution >= 0.6 is 23.2 Å². The highest BCUT2D eigenvalue weighted by molar-refractivity contribution is 7.84. The number of nitrogens with zero attached hydrogens (tertiary/aromatic N) is 1. The number of pyridine rings is 1. The van der Waals surface area contributed by atoms with Crippen LogP contribution in [0.5, 0.6) is 0 Å². The number of hydrogen-bond donors (Lipinski definition) is 0. The Hall–Kier alpha value is -0.430. The molecule has 1 rings (SSSR count). The highest BCUT2D eigenvalue weighted by Crippen LogP contribution is 2.11. The second kappa shape index (κ2) is 5.45. The second-order valence-electron chi connectivity index (χ2n) is 2.22. The van der Waals surface area contributed by atoms with Crippen LogP contribution in [0.15, 0.2) is 18.5 Å². The third-order valence-corrected chi connectivity index (χ3v) is 1.18. The van der Waals surface area contributed by atoms with E-state index in [1.165, 1.54) is 6.07 Å². The molecule has 0 bridgehead atoms. The molecular weight excluding hydrogens is 256 g/mol. The van der Waals surface area contributed by atoms with Crippen molar-refractivity contribution in [3.05, 3.63) is 28.5 Å². The molecule has 0 atom stereocenters. The van der Waals surface area contributed by atoms with Gasteiger partial charge >= 0.3 is 0 Å². The van der Waals surface area contributed by atoms with Gasteiger partial charge in [-0.1, -0.05) is 23.2 Å². The van der Waals surface area contributed by atoms with Gasteiger partial charge in [-0.05, 0) is 6.07 Å². The fourth-order valence-electron chi connectivity index (χ4n) is 0.479. The molecule has 0 aliphatic rings. The van der Waals surface area contributed by atoms with E-state index in [-0.39, 0.29) is 10.0 Å². The molecule has 0 N–H and O–H groups in total. The Morgan fingerprint density at radius 1 is 1.36 bits per heavy atom. The first-order chi connectivity index (χ1) is 6.18. The zero-order chi connectivity index (χ0) is 11.4. The highest BCUT2D eigenvalue weighted by atomic mass is 35.5. The number of rotatable bonds is 0. The van der Waals surface area contributed by atoms with Gasteiger partial charge in [0.05, 0.1) is 14.6 Å². The van der Waals surface area contributed by atoms with E-state index in [2.05, 4.69) is 0 Å². The molecule has 1 heterocycles. The smallest absolute Gasteiger partial charge is 0.237 e. The van der Waals surface area contributed by atoms with Crippen molar-refractivity contribution in [2.45, 2.75) is 0 Å². The predicted molar refractivity (Wildman–Crippen MR) is 48.8 cm³/mol. The quantitative estimate of drug-likeness (QED) is 0.659. The molecule has 8 heteroatoms. The van der Waals surface area contributed by atoms with E-state index in [9.17, 15) is 4.48 Å². The van der Waals surface area contributed by atoms with Gasteiger partial charge < -0.3 is 4.55 Å². The SMILES string of the molecule is CS(=O)(=O)[O-].F[n+]1cc(Cl)cc(Cl)c1. The Morgan fingerprint density at radius 3 is 1.86 bits per heavy atom. The van der Waals surface area contributed by atoms with E-state index in [0.717, 1.165) is 12.4 Å². The Morgan fingerprint density at radius 2 is 1.64 bits per heavy atom. The molecule has 1 aromatic heterocycles. The maximum Gasteiger partial charge on any atom is 0.237 e. The van der Waals surface area contributed by atoms with Crippen LogP contribution in [-0.2, 0) is 10.1 Å². The van der Waals surface area contributed by atoms with E-state index in [1.807, 2.05) is 0 Å². The van der Waals surface area contributed by atoms with Crippen LogP contribution in [0.2, 0.25) is 10.0 Å². The summed E-state index contributed by atoms with van der Waals surface area (Å²) in [7, 11) is -3.92. The molecule has 0 radical (unpaired) electrons. The molecule has 0 aliphatic carbocycles. The van der Waals surface area contributed by atoms with Crippen molar-refractivity contribution in [2.24, 2.45) is 0 Å². The average Bonchev–Trinajstić information content (AvgIpc) is 1.77. The van der Waals surface area contributed by atoms with Crippen molar-refractivity contribution in [3.63, 3.8) is 0 Å². The first-order valence-electron chi connectivity index (χ1n) is 3.13. The summed E-state index contributed by atoms with van der Waals surface area (Å²) in [6, 6.07) is 1.46. The molecule has 0 aromatic carbocycles. The van der Waals surface area contributed by atoms with E-state index >= 15 is 0 Å². The summed E-state index contributed by atoms with van der Waals surface area (Å²) in [5, 5.41) is 0.565. The summed E-state index contributed by atoms with van der Waals surface area (Å²) in [4.78, 5) is 0.310. The molecule has 1 aromatic rings. The van der Waals surface area contributed by atoms with Crippen molar-refractivity contribution < 1.29 is 22.2 Å². The molecule has 14 heavy (non-hydrogen) atoms. The summed E-state index contributed by atoms with van der Waals surface area (Å²) < 4.78 is 39.4.